The van der Waals surface area contributed by atoms with Gasteiger partial charge in [0.05, 0.1) is 25.2 Å². The number of rotatable bonds is 9. The van der Waals surface area contributed by atoms with Crippen molar-refractivity contribution in [2.45, 2.75) is 10.9 Å². The van der Waals surface area contributed by atoms with E-state index >= 15 is 0 Å². The van der Waals surface area contributed by atoms with Crippen molar-refractivity contribution in [1.82, 2.24) is 4.98 Å². The number of nitrogens with one attached hydrogen (secondary N) is 2. The number of hydrogen-bond acceptors (Lipinski definition) is 8. The number of carbonyl (C=O) groups is 2. The number of methoxy groups -OCH3 is 2. The first-order valence-corrected chi connectivity index (χ1v) is 11.3. The van der Waals surface area contributed by atoms with Gasteiger partial charge in [-0.05, 0) is 42.0 Å². The van der Waals surface area contributed by atoms with Crippen molar-refractivity contribution in [2.24, 2.45) is 5.92 Å². The Bertz CT molecular complexity index is 1170. The van der Waals surface area contributed by atoms with Crippen LogP contribution in [-0.2, 0) is 29.1 Å². The van der Waals surface area contributed by atoms with Crippen LogP contribution in [0.1, 0.15) is 11.6 Å². The molecule has 2 aromatic carbocycles. The Balaban J connectivity index is 1.89. The molecule has 0 aliphatic heterocycles. The number of pyridine rings is 1. The number of ether oxygens (including phenoxy) is 2. The maximum atomic E-state index is 12.6. The lowest BCUT2D eigenvalue weighted by molar-refractivity contribution is -0.159. The minimum absolute atomic E-state index is 0.0208. The van der Waals surface area contributed by atoms with Crippen LogP contribution in [0.4, 0.5) is 11.5 Å². The van der Waals surface area contributed by atoms with Crippen LogP contribution in [0, 0.1) is 5.92 Å². The SMILES string of the molecule is COC(=O)C(C(=O)OC)[C@@H](Nc1ccc(S(=O)(=O)Nc2ccccn2)cc1)c1ccccc1. The van der Waals surface area contributed by atoms with Crippen LogP contribution in [0.25, 0.3) is 0 Å². The summed E-state index contributed by atoms with van der Waals surface area (Å²) in [6.45, 7) is 0. The van der Waals surface area contributed by atoms with Gasteiger partial charge in [-0.15, -0.1) is 0 Å². The van der Waals surface area contributed by atoms with Gasteiger partial charge in [0, 0.05) is 11.9 Å². The second kappa shape index (κ2) is 10.6. The van der Waals surface area contributed by atoms with Crippen LogP contribution in [0.15, 0.2) is 83.9 Å². The van der Waals surface area contributed by atoms with Gasteiger partial charge in [0.1, 0.15) is 5.82 Å². The number of benzene rings is 2. The van der Waals surface area contributed by atoms with E-state index in [0.717, 1.165) is 0 Å². The van der Waals surface area contributed by atoms with Crippen molar-refractivity contribution in [2.75, 3.05) is 24.3 Å². The van der Waals surface area contributed by atoms with Crippen molar-refractivity contribution in [3.05, 3.63) is 84.6 Å². The quantitative estimate of drug-likeness (QED) is 0.362. The van der Waals surface area contributed by atoms with Gasteiger partial charge in [-0.3, -0.25) is 14.3 Å². The summed E-state index contributed by atoms with van der Waals surface area (Å²) in [4.78, 5) is 28.8. The minimum Gasteiger partial charge on any atom is -0.468 e. The summed E-state index contributed by atoms with van der Waals surface area (Å²) in [5, 5.41) is 3.12. The highest BCUT2D eigenvalue weighted by molar-refractivity contribution is 7.92. The Morgan fingerprint density at radius 3 is 2.00 bits per heavy atom. The molecular formula is C23H23N3O6S. The second-order valence-electron chi connectivity index (χ2n) is 6.90. The number of anilines is 2. The molecule has 3 rings (SSSR count). The van der Waals surface area contributed by atoms with E-state index in [9.17, 15) is 18.0 Å². The third kappa shape index (κ3) is 5.86. The third-order valence-corrected chi connectivity index (χ3v) is 6.16. The smallest absolute Gasteiger partial charge is 0.322 e. The normalized spacial score (nSPS) is 12.0. The van der Waals surface area contributed by atoms with Crippen LogP contribution in [0.2, 0.25) is 0 Å². The topological polar surface area (TPSA) is 124 Å². The molecule has 1 aromatic heterocycles. The Labute approximate surface area is 191 Å². The summed E-state index contributed by atoms with van der Waals surface area (Å²) in [7, 11) is -1.47. The van der Waals surface area contributed by atoms with Gasteiger partial charge >= 0.3 is 11.9 Å². The summed E-state index contributed by atoms with van der Waals surface area (Å²) in [6, 6.07) is 18.8. The van der Waals surface area contributed by atoms with Gasteiger partial charge in [-0.25, -0.2) is 13.4 Å². The molecule has 0 aliphatic rings. The van der Waals surface area contributed by atoms with E-state index in [1.807, 2.05) is 0 Å². The standard InChI is InChI=1S/C23H23N3O6S/c1-31-22(27)20(23(28)32-2)21(16-8-4-3-5-9-16)25-17-11-13-18(14-12-17)33(29,30)26-19-10-6-7-15-24-19/h3-15,20-21,25H,1-2H3,(H,24,26)/t21-/m0/s1. The Morgan fingerprint density at radius 2 is 1.45 bits per heavy atom. The first-order valence-electron chi connectivity index (χ1n) is 9.87. The fraction of sp³-hybridized carbons (Fsp3) is 0.174. The summed E-state index contributed by atoms with van der Waals surface area (Å²) in [6.07, 6.45) is 1.48. The molecule has 9 nitrogen and oxygen atoms in total. The molecule has 2 N–H and O–H groups in total. The van der Waals surface area contributed by atoms with E-state index in [1.54, 1.807) is 42.5 Å². The zero-order valence-electron chi connectivity index (χ0n) is 18.0. The minimum atomic E-state index is -3.85. The molecule has 0 unspecified atom stereocenters. The van der Waals surface area contributed by atoms with Gasteiger partial charge < -0.3 is 14.8 Å². The first-order chi connectivity index (χ1) is 15.9. The number of sulfonamides is 1. The summed E-state index contributed by atoms with van der Waals surface area (Å²) >= 11 is 0. The predicted molar refractivity (Wildman–Crippen MR) is 122 cm³/mol. The highest BCUT2D eigenvalue weighted by atomic mass is 32.2. The zero-order valence-corrected chi connectivity index (χ0v) is 18.8. The van der Waals surface area contributed by atoms with E-state index in [1.165, 1.54) is 50.7 Å². The fourth-order valence-electron chi connectivity index (χ4n) is 3.17. The Kier molecular flexibility index (Phi) is 7.62. The van der Waals surface area contributed by atoms with Gasteiger partial charge in [-0.2, -0.15) is 0 Å². The molecule has 1 heterocycles. The molecule has 0 spiro atoms. The number of hydrogen-bond donors (Lipinski definition) is 2. The second-order valence-corrected chi connectivity index (χ2v) is 8.58. The molecule has 1 atom stereocenters. The van der Waals surface area contributed by atoms with Gasteiger partial charge in [0.2, 0.25) is 0 Å². The van der Waals surface area contributed by atoms with Crippen LogP contribution in [0.3, 0.4) is 0 Å². The molecule has 0 saturated carbocycles. The average Bonchev–Trinajstić information content (AvgIpc) is 2.84. The monoisotopic (exact) mass is 469 g/mol. The van der Waals surface area contributed by atoms with E-state index < -0.39 is 33.9 Å². The average molecular weight is 470 g/mol. The molecule has 0 aliphatic carbocycles. The molecule has 0 saturated heterocycles. The van der Waals surface area contributed by atoms with Crippen LogP contribution >= 0.6 is 0 Å². The molecule has 0 fully saturated rings. The van der Waals surface area contributed by atoms with Crippen molar-refractivity contribution < 1.29 is 27.5 Å². The lowest BCUT2D eigenvalue weighted by Crippen LogP contribution is -2.35. The van der Waals surface area contributed by atoms with Gasteiger partial charge in [-0.1, -0.05) is 36.4 Å². The molecule has 10 heteroatoms. The van der Waals surface area contributed by atoms with Gasteiger partial charge in [0.25, 0.3) is 10.0 Å². The first kappa shape index (κ1) is 23.7. The van der Waals surface area contributed by atoms with Crippen LogP contribution < -0.4 is 10.0 Å². The molecule has 0 amide bonds. The summed E-state index contributed by atoms with van der Waals surface area (Å²) < 4.78 is 37.3. The lowest BCUT2D eigenvalue weighted by atomic mass is 9.92. The van der Waals surface area contributed by atoms with E-state index in [2.05, 4.69) is 15.0 Å². The Hall–Kier alpha value is -3.92. The Morgan fingerprint density at radius 1 is 0.848 bits per heavy atom. The third-order valence-electron chi connectivity index (χ3n) is 4.79. The molecular weight excluding hydrogens is 446 g/mol. The highest BCUT2D eigenvalue weighted by Crippen LogP contribution is 2.29. The number of esters is 2. The highest BCUT2D eigenvalue weighted by Gasteiger charge is 2.38. The summed E-state index contributed by atoms with van der Waals surface area (Å²) in [5.74, 6) is -2.61. The maximum absolute atomic E-state index is 12.6. The summed E-state index contributed by atoms with van der Waals surface area (Å²) in [5.41, 5.74) is 1.13. The predicted octanol–water partition coefficient (Wildman–Crippen LogP) is 3.00. The number of nitrogens with zero attached hydrogens (tertiary/aromatic N) is 1. The molecule has 172 valence electrons. The zero-order chi connectivity index (χ0) is 23.8. The van der Waals surface area contributed by atoms with Crippen LogP contribution in [0.5, 0.6) is 0 Å². The number of aromatic nitrogens is 1. The molecule has 0 radical (unpaired) electrons. The molecule has 0 bridgehead atoms. The van der Waals surface area contributed by atoms with Crippen molar-refractivity contribution >= 4 is 33.5 Å². The lowest BCUT2D eigenvalue weighted by Gasteiger charge is -2.26. The molecule has 3 aromatic rings. The van der Waals surface area contributed by atoms with Crippen molar-refractivity contribution in [3.8, 4) is 0 Å². The van der Waals surface area contributed by atoms with Crippen molar-refractivity contribution in [1.29, 1.82) is 0 Å². The fourth-order valence-corrected chi connectivity index (χ4v) is 4.18. The number of carbonyl (C=O) groups excluding carboxylic acids is 2. The van der Waals surface area contributed by atoms with E-state index in [0.29, 0.717) is 11.3 Å². The van der Waals surface area contributed by atoms with Crippen LogP contribution in [-0.4, -0.2) is 39.6 Å². The van der Waals surface area contributed by atoms with Gasteiger partial charge in [0.15, 0.2) is 5.92 Å². The van der Waals surface area contributed by atoms with E-state index in [4.69, 9.17) is 9.47 Å². The maximum Gasteiger partial charge on any atom is 0.322 e. The molecule has 33 heavy (non-hydrogen) atoms. The van der Waals surface area contributed by atoms with Crippen molar-refractivity contribution in [3.63, 3.8) is 0 Å². The van der Waals surface area contributed by atoms with E-state index in [-0.39, 0.29) is 10.7 Å². The largest absolute Gasteiger partial charge is 0.468 e.